The highest BCUT2D eigenvalue weighted by atomic mass is 16.5. The van der Waals surface area contributed by atoms with Crippen LogP contribution in [0, 0.1) is 0 Å². The van der Waals surface area contributed by atoms with Crippen LogP contribution in [0.3, 0.4) is 0 Å². The van der Waals surface area contributed by atoms with Crippen LogP contribution in [0.5, 0.6) is 11.5 Å². The lowest BCUT2D eigenvalue weighted by molar-refractivity contribution is -0.126. The monoisotopic (exact) mass is 340 g/mol. The van der Waals surface area contributed by atoms with E-state index in [2.05, 4.69) is 5.32 Å². The third-order valence-electron chi connectivity index (χ3n) is 4.20. The van der Waals surface area contributed by atoms with Gasteiger partial charge in [-0.1, -0.05) is 24.3 Å². The Bertz CT molecular complexity index is 790. The van der Waals surface area contributed by atoms with Crippen LogP contribution < -0.4 is 19.7 Å². The summed E-state index contributed by atoms with van der Waals surface area (Å²) in [5.41, 5.74) is 1.74. The Morgan fingerprint density at radius 3 is 2.68 bits per heavy atom. The smallest absolute Gasteiger partial charge is 0.265 e. The number of benzene rings is 2. The first-order valence-corrected chi connectivity index (χ1v) is 8.02. The molecule has 0 unspecified atom stereocenters. The second-order valence-corrected chi connectivity index (χ2v) is 5.69. The van der Waals surface area contributed by atoms with E-state index in [1.807, 2.05) is 24.3 Å². The molecular weight excluding hydrogens is 320 g/mol. The Hall–Kier alpha value is -3.02. The lowest BCUT2D eigenvalue weighted by Crippen LogP contribution is -2.48. The molecule has 2 aromatic rings. The summed E-state index contributed by atoms with van der Waals surface area (Å²) in [7, 11) is 3.14. The number of ether oxygens (including phenoxy) is 2. The highest BCUT2D eigenvalue weighted by Gasteiger charge is 2.37. The average Bonchev–Trinajstić information content (AvgIpc) is 3.05. The van der Waals surface area contributed by atoms with Crippen molar-refractivity contribution >= 4 is 17.5 Å². The maximum atomic E-state index is 12.8. The summed E-state index contributed by atoms with van der Waals surface area (Å²) in [6.07, 6.45) is 0.501. The number of hydrogen-bond donors (Lipinski definition) is 1. The molecule has 0 fully saturated rings. The van der Waals surface area contributed by atoms with Gasteiger partial charge in [0.1, 0.15) is 17.5 Å². The van der Waals surface area contributed by atoms with E-state index in [1.54, 1.807) is 38.4 Å². The number of anilines is 1. The predicted octanol–water partition coefficient (Wildman–Crippen LogP) is 1.78. The van der Waals surface area contributed by atoms with Gasteiger partial charge >= 0.3 is 0 Å². The molecule has 0 radical (unpaired) electrons. The molecule has 0 bridgehead atoms. The van der Waals surface area contributed by atoms with Crippen molar-refractivity contribution in [2.24, 2.45) is 0 Å². The molecule has 1 aliphatic heterocycles. The molecule has 6 nitrogen and oxygen atoms in total. The number of nitrogens with one attached hydrogen (secondary N) is 1. The van der Waals surface area contributed by atoms with Gasteiger partial charge in [-0.2, -0.15) is 0 Å². The molecule has 2 aromatic carbocycles. The van der Waals surface area contributed by atoms with E-state index in [0.717, 1.165) is 11.3 Å². The second kappa shape index (κ2) is 7.25. The molecule has 0 aromatic heterocycles. The largest absolute Gasteiger partial charge is 0.497 e. The number of rotatable bonds is 5. The molecule has 0 saturated carbocycles. The number of carbonyl (C=O) groups excluding carboxylic acids is 2. The summed E-state index contributed by atoms with van der Waals surface area (Å²) in [4.78, 5) is 26.5. The number of hydrogen-bond acceptors (Lipinski definition) is 4. The van der Waals surface area contributed by atoms with Crippen molar-refractivity contribution in [3.63, 3.8) is 0 Å². The van der Waals surface area contributed by atoms with Crippen LogP contribution in [0.1, 0.15) is 5.56 Å². The van der Waals surface area contributed by atoms with Crippen molar-refractivity contribution < 1.29 is 19.1 Å². The molecular formula is C19H20N2O4. The molecule has 1 heterocycles. The summed E-state index contributed by atoms with van der Waals surface area (Å²) in [6.45, 7) is -0.158. The van der Waals surface area contributed by atoms with Crippen LogP contribution in [0.25, 0.3) is 0 Å². The summed E-state index contributed by atoms with van der Waals surface area (Å²) < 4.78 is 10.7. The third-order valence-corrected chi connectivity index (χ3v) is 4.20. The Balaban J connectivity index is 1.77. The van der Waals surface area contributed by atoms with Gasteiger partial charge in [0.15, 0.2) is 6.61 Å². The van der Waals surface area contributed by atoms with Crippen LogP contribution in [0.15, 0.2) is 48.5 Å². The number of fused-ring (bicyclic) bond motifs is 1. The van der Waals surface area contributed by atoms with Crippen LogP contribution in [0.4, 0.5) is 5.69 Å². The van der Waals surface area contributed by atoms with Crippen molar-refractivity contribution in [1.29, 1.82) is 0 Å². The summed E-state index contributed by atoms with van der Waals surface area (Å²) in [5.74, 6) is 0.740. The van der Waals surface area contributed by atoms with Gasteiger partial charge in [-0.25, -0.2) is 0 Å². The van der Waals surface area contributed by atoms with Crippen molar-refractivity contribution in [3.05, 3.63) is 54.1 Å². The van der Waals surface area contributed by atoms with Gasteiger partial charge < -0.3 is 14.8 Å². The number of para-hydroxylation sites is 1. The lowest BCUT2D eigenvalue weighted by Gasteiger charge is -2.24. The number of methoxy groups -OCH3 is 1. The molecule has 6 heteroatoms. The van der Waals surface area contributed by atoms with Crippen molar-refractivity contribution in [2.75, 3.05) is 25.7 Å². The first kappa shape index (κ1) is 16.8. The molecule has 1 N–H and O–H groups in total. The van der Waals surface area contributed by atoms with E-state index in [9.17, 15) is 9.59 Å². The summed E-state index contributed by atoms with van der Waals surface area (Å²) >= 11 is 0. The summed E-state index contributed by atoms with van der Waals surface area (Å²) in [6, 6.07) is 14.0. The first-order chi connectivity index (χ1) is 12.1. The van der Waals surface area contributed by atoms with Crippen LogP contribution in [-0.4, -0.2) is 38.6 Å². The van der Waals surface area contributed by atoms with Gasteiger partial charge in [0, 0.05) is 25.2 Å². The number of carbonyl (C=O) groups is 2. The minimum Gasteiger partial charge on any atom is -0.497 e. The minimum atomic E-state index is -0.552. The van der Waals surface area contributed by atoms with E-state index < -0.39 is 6.04 Å². The van der Waals surface area contributed by atoms with E-state index in [0.29, 0.717) is 17.9 Å². The van der Waals surface area contributed by atoms with Crippen LogP contribution in [0.2, 0.25) is 0 Å². The van der Waals surface area contributed by atoms with Crippen molar-refractivity contribution in [2.45, 2.75) is 12.5 Å². The highest BCUT2D eigenvalue weighted by molar-refractivity contribution is 6.04. The standard InChI is InChI=1S/C19H20N2O4/c1-20-19(23)17-10-13-6-3-4-9-16(13)21(17)18(22)12-25-15-8-5-7-14(11-15)24-2/h3-9,11,17H,10,12H2,1-2H3,(H,20,23)/t17-/m1/s1. The topological polar surface area (TPSA) is 67.9 Å². The van der Waals surface area contributed by atoms with Gasteiger partial charge in [-0.05, 0) is 23.8 Å². The summed E-state index contributed by atoms with van der Waals surface area (Å²) in [5, 5.41) is 2.63. The second-order valence-electron chi connectivity index (χ2n) is 5.69. The molecule has 0 aliphatic carbocycles. The van der Waals surface area contributed by atoms with E-state index in [4.69, 9.17) is 9.47 Å². The zero-order valence-electron chi connectivity index (χ0n) is 14.2. The van der Waals surface area contributed by atoms with Gasteiger partial charge in [0.2, 0.25) is 5.91 Å². The number of nitrogens with zero attached hydrogens (tertiary/aromatic N) is 1. The zero-order chi connectivity index (χ0) is 17.8. The first-order valence-electron chi connectivity index (χ1n) is 8.02. The van der Waals surface area contributed by atoms with Crippen LogP contribution >= 0.6 is 0 Å². The maximum Gasteiger partial charge on any atom is 0.265 e. The molecule has 0 spiro atoms. The Morgan fingerprint density at radius 2 is 1.92 bits per heavy atom. The minimum absolute atomic E-state index is 0.158. The fraction of sp³-hybridized carbons (Fsp3) is 0.263. The van der Waals surface area contributed by atoms with Gasteiger partial charge in [-0.15, -0.1) is 0 Å². The fourth-order valence-corrected chi connectivity index (χ4v) is 2.98. The predicted molar refractivity (Wildman–Crippen MR) is 94.0 cm³/mol. The Morgan fingerprint density at radius 1 is 1.16 bits per heavy atom. The molecule has 25 heavy (non-hydrogen) atoms. The van der Waals surface area contributed by atoms with Gasteiger partial charge in [0.25, 0.3) is 5.91 Å². The maximum absolute atomic E-state index is 12.8. The van der Waals surface area contributed by atoms with Gasteiger partial charge in [0.05, 0.1) is 7.11 Å². The fourth-order valence-electron chi connectivity index (χ4n) is 2.98. The van der Waals surface area contributed by atoms with Gasteiger partial charge in [-0.3, -0.25) is 14.5 Å². The van der Waals surface area contributed by atoms with E-state index in [1.165, 1.54) is 4.90 Å². The molecule has 0 saturated heterocycles. The Labute approximate surface area is 146 Å². The van der Waals surface area contributed by atoms with Crippen LogP contribution in [-0.2, 0) is 16.0 Å². The van der Waals surface area contributed by atoms with E-state index in [-0.39, 0.29) is 18.4 Å². The molecule has 3 rings (SSSR count). The zero-order valence-corrected chi connectivity index (χ0v) is 14.2. The molecule has 1 atom stereocenters. The van der Waals surface area contributed by atoms with E-state index >= 15 is 0 Å². The normalized spacial score (nSPS) is 15.4. The lowest BCUT2D eigenvalue weighted by atomic mass is 10.1. The quantitative estimate of drug-likeness (QED) is 0.901. The number of amides is 2. The molecule has 130 valence electrons. The molecule has 2 amide bonds. The Kier molecular flexibility index (Phi) is 4.88. The SMILES string of the molecule is CNC(=O)[C@H]1Cc2ccccc2N1C(=O)COc1cccc(OC)c1. The average molecular weight is 340 g/mol. The number of likely N-dealkylation sites (N-methyl/N-ethyl adjacent to an activating group) is 1. The molecule has 1 aliphatic rings. The van der Waals surface area contributed by atoms with Crippen molar-refractivity contribution in [3.8, 4) is 11.5 Å². The highest BCUT2D eigenvalue weighted by Crippen LogP contribution is 2.32. The third kappa shape index (κ3) is 3.42. The van der Waals surface area contributed by atoms with Crippen molar-refractivity contribution in [1.82, 2.24) is 5.32 Å².